The molecule has 1 aliphatic rings. The number of H-pyrrole nitrogens is 1. The second-order valence-electron chi connectivity index (χ2n) is 4.01. The molecule has 16 heavy (non-hydrogen) atoms. The summed E-state index contributed by atoms with van der Waals surface area (Å²) in [6.07, 6.45) is 2.03. The van der Waals surface area contributed by atoms with E-state index in [2.05, 4.69) is 15.5 Å². The molecule has 2 aromatic rings. The second-order valence-corrected chi connectivity index (χ2v) is 4.01. The van der Waals surface area contributed by atoms with Crippen LogP contribution in [0.5, 0.6) is 0 Å². The van der Waals surface area contributed by atoms with Gasteiger partial charge >= 0.3 is 0 Å². The molecule has 1 saturated carbocycles. The molecule has 0 saturated heterocycles. The average molecular weight is 219 g/mol. The van der Waals surface area contributed by atoms with Crippen molar-refractivity contribution in [1.82, 2.24) is 15.5 Å². The summed E-state index contributed by atoms with van der Waals surface area (Å²) in [5, 5.41) is 9.98. The molecule has 0 aliphatic heterocycles. The maximum absolute atomic E-state index is 13.1. The number of hydrogen-bond donors (Lipinski definition) is 2. The summed E-state index contributed by atoms with van der Waals surface area (Å²) in [7, 11) is 0. The maximum atomic E-state index is 13.1. The van der Waals surface area contributed by atoms with E-state index in [4.69, 9.17) is 0 Å². The molecule has 4 nitrogen and oxygen atoms in total. The van der Waals surface area contributed by atoms with Crippen LogP contribution >= 0.6 is 0 Å². The first-order valence-corrected chi connectivity index (χ1v) is 5.18. The summed E-state index contributed by atoms with van der Waals surface area (Å²) in [6, 6.07) is 4.50. The Labute approximate surface area is 90.8 Å². The van der Waals surface area contributed by atoms with Crippen LogP contribution in [0.4, 0.5) is 4.39 Å². The Hall–Kier alpha value is -1.91. The molecule has 0 radical (unpaired) electrons. The third kappa shape index (κ3) is 1.54. The van der Waals surface area contributed by atoms with Gasteiger partial charge in [0.1, 0.15) is 5.82 Å². The first-order chi connectivity index (χ1) is 7.74. The number of aromatic nitrogens is 2. The minimum absolute atomic E-state index is 0.237. The second kappa shape index (κ2) is 3.30. The molecular weight excluding hydrogens is 209 g/mol. The molecule has 1 aromatic heterocycles. The monoisotopic (exact) mass is 219 g/mol. The summed E-state index contributed by atoms with van der Waals surface area (Å²) in [5.41, 5.74) is 0.934. The number of halogens is 1. The Morgan fingerprint density at radius 3 is 3.06 bits per heavy atom. The van der Waals surface area contributed by atoms with E-state index in [0.29, 0.717) is 10.9 Å². The summed E-state index contributed by atoms with van der Waals surface area (Å²) < 4.78 is 13.1. The fraction of sp³-hybridized carbons (Fsp3) is 0.273. The molecule has 0 unspecified atom stereocenters. The van der Waals surface area contributed by atoms with Gasteiger partial charge in [0.25, 0.3) is 5.91 Å². The number of carbonyl (C=O) groups is 1. The first kappa shape index (κ1) is 9.33. The van der Waals surface area contributed by atoms with Crippen LogP contribution in [0.1, 0.15) is 23.3 Å². The van der Waals surface area contributed by atoms with Crippen molar-refractivity contribution in [3.63, 3.8) is 0 Å². The molecule has 1 amide bonds. The van der Waals surface area contributed by atoms with Gasteiger partial charge in [0.05, 0.1) is 5.52 Å². The molecule has 1 aliphatic carbocycles. The Kier molecular flexibility index (Phi) is 1.92. The largest absolute Gasteiger partial charge is 0.348 e. The van der Waals surface area contributed by atoms with Gasteiger partial charge in [-0.3, -0.25) is 9.89 Å². The van der Waals surface area contributed by atoms with Crippen molar-refractivity contribution < 1.29 is 9.18 Å². The summed E-state index contributed by atoms with van der Waals surface area (Å²) in [6.45, 7) is 0. The SMILES string of the molecule is O=C(NC1CC1)c1n[nH]c2ccc(F)cc12. The van der Waals surface area contributed by atoms with Gasteiger partial charge in [0, 0.05) is 11.4 Å². The molecule has 1 heterocycles. The Morgan fingerprint density at radius 1 is 1.50 bits per heavy atom. The van der Waals surface area contributed by atoms with Crippen LogP contribution in [0.25, 0.3) is 10.9 Å². The molecule has 1 aromatic carbocycles. The highest BCUT2D eigenvalue weighted by Crippen LogP contribution is 2.21. The van der Waals surface area contributed by atoms with E-state index >= 15 is 0 Å². The van der Waals surface area contributed by atoms with E-state index < -0.39 is 0 Å². The predicted molar refractivity (Wildman–Crippen MR) is 56.5 cm³/mol. The van der Waals surface area contributed by atoms with Crippen LogP contribution in [0.3, 0.4) is 0 Å². The van der Waals surface area contributed by atoms with Crippen LogP contribution < -0.4 is 5.32 Å². The summed E-state index contributed by atoms with van der Waals surface area (Å²) in [5.74, 6) is -0.603. The third-order valence-electron chi connectivity index (χ3n) is 2.65. The Morgan fingerprint density at radius 2 is 2.31 bits per heavy atom. The Bertz CT molecular complexity index is 559. The van der Waals surface area contributed by atoms with Crippen LogP contribution in [-0.4, -0.2) is 22.1 Å². The minimum Gasteiger partial charge on any atom is -0.348 e. The molecule has 0 spiro atoms. The fourth-order valence-corrected chi connectivity index (χ4v) is 1.64. The van der Waals surface area contributed by atoms with Crippen molar-refractivity contribution in [2.45, 2.75) is 18.9 Å². The first-order valence-electron chi connectivity index (χ1n) is 5.18. The van der Waals surface area contributed by atoms with Gasteiger partial charge in [-0.15, -0.1) is 0 Å². The third-order valence-corrected chi connectivity index (χ3v) is 2.65. The molecule has 2 N–H and O–H groups in total. The number of amides is 1. The topological polar surface area (TPSA) is 57.8 Å². The van der Waals surface area contributed by atoms with E-state index in [1.807, 2.05) is 0 Å². The Balaban J connectivity index is 2.01. The van der Waals surface area contributed by atoms with Crippen LogP contribution in [-0.2, 0) is 0 Å². The van der Waals surface area contributed by atoms with Gasteiger partial charge in [0.2, 0.25) is 0 Å². The van der Waals surface area contributed by atoms with Crippen LogP contribution in [0.15, 0.2) is 18.2 Å². The van der Waals surface area contributed by atoms with Crippen molar-refractivity contribution in [3.05, 3.63) is 29.7 Å². The number of benzene rings is 1. The maximum Gasteiger partial charge on any atom is 0.272 e. The molecule has 0 bridgehead atoms. The molecule has 1 fully saturated rings. The lowest BCUT2D eigenvalue weighted by molar-refractivity contribution is 0.0947. The van der Waals surface area contributed by atoms with Gasteiger partial charge in [-0.2, -0.15) is 5.10 Å². The average Bonchev–Trinajstić information content (AvgIpc) is 2.96. The molecular formula is C11H10FN3O. The van der Waals surface area contributed by atoms with Crippen molar-refractivity contribution in [1.29, 1.82) is 0 Å². The number of nitrogens with one attached hydrogen (secondary N) is 2. The zero-order valence-corrected chi connectivity index (χ0v) is 8.46. The van der Waals surface area contributed by atoms with E-state index in [9.17, 15) is 9.18 Å². The normalized spacial score (nSPS) is 15.3. The van der Waals surface area contributed by atoms with Crippen LogP contribution in [0, 0.1) is 5.82 Å². The number of fused-ring (bicyclic) bond motifs is 1. The van der Waals surface area contributed by atoms with Gasteiger partial charge in [-0.25, -0.2) is 4.39 Å². The lowest BCUT2D eigenvalue weighted by atomic mass is 10.2. The smallest absolute Gasteiger partial charge is 0.272 e. The van der Waals surface area contributed by atoms with Crippen molar-refractivity contribution in [2.75, 3.05) is 0 Å². The molecule has 0 atom stereocenters. The minimum atomic E-state index is -0.366. The quantitative estimate of drug-likeness (QED) is 0.805. The van der Waals surface area contributed by atoms with E-state index in [0.717, 1.165) is 12.8 Å². The zero-order chi connectivity index (χ0) is 11.1. The zero-order valence-electron chi connectivity index (χ0n) is 8.46. The standard InChI is InChI=1S/C11H10FN3O/c12-6-1-4-9-8(5-6)10(15-14-9)11(16)13-7-2-3-7/h1,4-5,7H,2-3H2,(H,13,16)(H,14,15). The van der Waals surface area contributed by atoms with Gasteiger partial charge in [-0.05, 0) is 31.0 Å². The highest BCUT2D eigenvalue weighted by atomic mass is 19.1. The highest BCUT2D eigenvalue weighted by molar-refractivity contribution is 6.04. The number of carbonyl (C=O) groups excluding carboxylic acids is 1. The molecule has 5 heteroatoms. The number of rotatable bonds is 2. The van der Waals surface area contributed by atoms with E-state index in [1.165, 1.54) is 12.1 Å². The summed E-state index contributed by atoms with van der Waals surface area (Å²) >= 11 is 0. The van der Waals surface area contributed by atoms with Gasteiger partial charge < -0.3 is 5.32 Å². The lowest BCUT2D eigenvalue weighted by Crippen LogP contribution is -2.25. The van der Waals surface area contributed by atoms with E-state index in [-0.39, 0.29) is 23.5 Å². The molecule has 82 valence electrons. The number of hydrogen-bond acceptors (Lipinski definition) is 2. The van der Waals surface area contributed by atoms with Crippen molar-refractivity contribution in [3.8, 4) is 0 Å². The van der Waals surface area contributed by atoms with Crippen LogP contribution in [0.2, 0.25) is 0 Å². The lowest BCUT2D eigenvalue weighted by Gasteiger charge is -1.99. The van der Waals surface area contributed by atoms with Gasteiger partial charge in [-0.1, -0.05) is 0 Å². The number of aromatic amines is 1. The van der Waals surface area contributed by atoms with E-state index in [1.54, 1.807) is 6.07 Å². The van der Waals surface area contributed by atoms with Gasteiger partial charge in [0.15, 0.2) is 5.69 Å². The fourth-order valence-electron chi connectivity index (χ4n) is 1.64. The predicted octanol–water partition coefficient (Wildman–Crippen LogP) is 1.59. The molecule has 3 rings (SSSR count). The number of nitrogens with zero attached hydrogens (tertiary/aromatic N) is 1. The van der Waals surface area contributed by atoms with Crippen molar-refractivity contribution in [2.24, 2.45) is 0 Å². The highest BCUT2D eigenvalue weighted by Gasteiger charge is 2.25. The van der Waals surface area contributed by atoms with Crippen molar-refractivity contribution >= 4 is 16.8 Å². The summed E-state index contributed by atoms with van der Waals surface area (Å²) in [4.78, 5) is 11.8.